The first-order chi connectivity index (χ1) is 8.04. The fourth-order valence-electron chi connectivity index (χ4n) is 1.21. The molecule has 0 amide bonds. The maximum Gasteiger partial charge on any atom is 0.360 e. The van der Waals surface area contributed by atoms with Gasteiger partial charge in [0.15, 0.2) is 11.4 Å². The molecule has 0 spiro atoms. The van der Waals surface area contributed by atoms with Crippen LogP contribution in [0.2, 0.25) is 0 Å². The second-order valence-corrected chi connectivity index (χ2v) is 2.93. The molecular weight excluding hydrogens is 236 g/mol. The van der Waals surface area contributed by atoms with Crippen LogP contribution in [0, 0.1) is 0 Å². The number of methoxy groups -OCH3 is 3. The van der Waals surface area contributed by atoms with E-state index in [0.29, 0.717) is 0 Å². The van der Waals surface area contributed by atoms with Crippen LogP contribution < -0.4 is 9.47 Å². The molecule has 17 heavy (non-hydrogen) atoms. The first kappa shape index (κ1) is 13.1. The second kappa shape index (κ2) is 5.42. The van der Waals surface area contributed by atoms with Crippen molar-refractivity contribution >= 4 is 5.97 Å². The minimum atomic E-state index is -2.78. The summed E-state index contributed by atoms with van der Waals surface area (Å²) in [6.45, 7) is 0. The molecule has 0 bridgehead atoms. The molecule has 0 fully saturated rings. The fraction of sp³-hybridized carbons (Fsp3) is 0.400. The Balaban J connectivity index is 3.37. The maximum absolute atomic E-state index is 12.7. The lowest BCUT2D eigenvalue weighted by atomic mass is 10.2. The first-order valence-electron chi connectivity index (χ1n) is 4.54. The van der Waals surface area contributed by atoms with E-state index in [0.717, 1.165) is 13.2 Å². The van der Waals surface area contributed by atoms with Crippen LogP contribution in [0.5, 0.6) is 11.6 Å². The van der Waals surface area contributed by atoms with Crippen LogP contribution in [0.25, 0.3) is 0 Å². The van der Waals surface area contributed by atoms with Crippen LogP contribution in [0.3, 0.4) is 0 Å². The summed E-state index contributed by atoms with van der Waals surface area (Å²) < 4.78 is 39.3. The molecule has 1 rings (SSSR count). The van der Waals surface area contributed by atoms with Gasteiger partial charge in [0.25, 0.3) is 6.43 Å². The van der Waals surface area contributed by atoms with Crippen LogP contribution in [-0.2, 0) is 4.74 Å². The summed E-state index contributed by atoms with van der Waals surface area (Å²) >= 11 is 0. The van der Waals surface area contributed by atoms with Crippen LogP contribution in [-0.4, -0.2) is 32.3 Å². The van der Waals surface area contributed by atoms with Gasteiger partial charge in [-0.2, -0.15) is 0 Å². The average molecular weight is 247 g/mol. The van der Waals surface area contributed by atoms with Gasteiger partial charge >= 0.3 is 5.97 Å². The van der Waals surface area contributed by atoms with E-state index in [1.807, 2.05) is 0 Å². The van der Waals surface area contributed by atoms with Crippen molar-refractivity contribution in [1.29, 1.82) is 0 Å². The molecule has 0 unspecified atom stereocenters. The molecule has 0 atom stereocenters. The van der Waals surface area contributed by atoms with Gasteiger partial charge in [0.1, 0.15) is 0 Å². The van der Waals surface area contributed by atoms with Gasteiger partial charge in [0.2, 0.25) is 5.88 Å². The Morgan fingerprint density at radius 3 is 2.35 bits per heavy atom. The number of hydrogen-bond donors (Lipinski definition) is 0. The Morgan fingerprint density at radius 1 is 1.29 bits per heavy atom. The fourth-order valence-corrected chi connectivity index (χ4v) is 1.21. The first-order valence-corrected chi connectivity index (χ1v) is 4.54. The van der Waals surface area contributed by atoms with Gasteiger partial charge in [0.05, 0.1) is 26.9 Å². The number of carbonyl (C=O) groups is 1. The molecule has 0 aromatic carbocycles. The van der Waals surface area contributed by atoms with E-state index < -0.39 is 18.0 Å². The number of esters is 1. The molecule has 94 valence electrons. The van der Waals surface area contributed by atoms with Gasteiger partial charge in [0, 0.05) is 0 Å². The molecular formula is C10H11F2NO4. The van der Waals surface area contributed by atoms with E-state index in [-0.39, 0.29) is 17.3 Å². The minimum Gasteiger partial charge on any atom is -0.494 e. The Kier molecular flexibility index (Phi) is 4.19. The van der Waals surface area contributed by atoms with Gasteiger partial charge < -0.3 is 14.2 Å². The molecule has 1 aromatic heterocycles. The number of halogens is 2. The average Bonchev–Trinajstić information content (AvgIpc) is 2.35. The summed E-state index contributed by atoms with van der Waals surface area (Å²) in [5, 5.41) is 0. The summed E-state index contributed by atoms with van der Waals surface area (Å²) in [5.41, 5.74) is -0.659. The number of alkyl halides is 2. The van der Waals surface area contributed by atoms with Crippen LogP contribution in [0.4, 0.5) is 8.78 Å². The molecule has 0 saturated heterocycles. The Bertz CT molecular complexity index is 423. The van der Waals surface area contributed by atoms with Gasteiger partial charge in [-0.3, -0.25) is 0 Å². The molecule has 0 aliphatic rings. The van der Waals surface area contributed by atoms with Crippen molar-refractivity contribution in [1.82, 2.24) is 4.98 Å². The van der Waals surface area contributed by atoms with Gasteiger partial charge in [-0.25, -0.2) is 18.6 Å². The van der Waals surface area contributed by atoms with E-state index in [1.165, 1.54) is 14.2 Å². The molecule has 7 heteroatoms. The molecule has 0 radical (unpaired) electrons. The zero-order valence-corrected chi connectivity index (χ0v) is 9.49. The Labute approximate surface area is 96.3 Å². The Hall–Kier alpha value is -1.92. The molecule has 0 saturated carbocycles. The van der Waals surface area contributed by atoms with Crippen molar-refractivity contribution in [2.45, 2.75) is 6.43 Å². The largest absolute Gasteiger partial charge is 0.494 e. The van der Waals surface area contributed by atoms with E-state index >= 15 is 0 Å². The van der Waals surface area contributed by atoms with Crippen molar-refractivity contribution < 1.29 is 27.8 Å². The number of pyridine rings is 1. The van der Waals surface area contributed by atoms with Crippen LogP contribution in [0.15, 0.2) is 6.07 Å². The standard InChI is InChI=1S/C10H11F2NO4/c1-15-6-4-5(8(11)12)9(16-2)13-7(6)10(14)17-3/h4,8H,1-3H3. The van der Waals surface area contributed by atoms with E-state index in [9.17, 15) is 13.6 Å². The summed E-state index contributed by atoms with van der Waals surface area (Å²) in [7, 11) is 3.57. The lowest BCUT2D eigenvalue weighted by molar-refractivity contribution is 0.0587. The van der Waals surface area contributed by atoms with Crippen molar-refractivity contribution in [2.75, 3.05) is 21.3 Å². The van der Waals surface area contributed by atoms with E-state index in [1.54, 1.807) is 0 Å². The number of ether oxygens (including phenoxy) is 3. The summed E-state index contributed by atoms with van der Waals surface area (Å²) in [6.07, 6.45) is -2.78. The highest BCUT2D eigenvalue weighted by molar-refractivity contribution is 5.90. The minimum absolute atomic E-state index is 0.0899. The predicted molar refractivity (Wildman–Crippen MR) is 53.6 cm³/mol. The lowest BCUT2D eigenvalue weighted by Gasteiger charge is -2.11. The van der Waals surface area contributed by atoms with Crippen LogP contribution >= 0.6 is 0 Å². The van der Waals surface area contributed by atoms with Crippen molar-refractivity contribution in [3.05, 3.63) is 17.3 Å². The topological polar surface area (TPSA) is 57.7 Å². The lowest BCUT2D eigenvalue weighted by Crippen LogP contribution is -2.09. The number of rotatable bonds is 4. The third-order valence-corrected chi connectivity index (χ3v) is 2.01. The molecule has 1 aromatic rings. The highest BCUT2D eigenvalue weighted by Gasteiger charge is 2.23. The van der Waals surface area contributed by atoms with Crippen molar-refractivity contribution in [3.63, 3.8) is 0 Å². The summed E-state index contributed by atoms with van der Waals surface area (Å²) in [5.74, 6) is -1.21. The summed E-state index contributed by atoms with van der Waals surface area (Å²) in [4.78, 5) is 15.0. The molecule has 1 heterocycles. The second-order valence-electron chi connectivity index (χ2n) is 2.93. The van der Waals surface area contributed by atoms with Crippen molar-refractivity contribution in [2.24, 2.45) is 0 Å². The SMILES string of the molecule is COC(=O)c1nc(OC)c(C(F)F)cc1OC. The zero-order chi connectivity index (χ0) is 13.0. The molecule has 0 aliphatic carbocycles. The van der Waals surface area contributed by atoms with Crippen molar-refractivity contribution in [3.8, 4) is 11.6 Å². The van der Waals surface area contributed by atoms with Gasteiger partial charge in [-0.15, -0.1) is 0 Å². The highest BCUT2D eigenvalue weighted by atomic mass is 19.3. The highest BCUT2D eigenvalue weighted by Crippen LogP contribution is 2.32. The van der Waals surface area contributed by atoms with Gasteiger partial charge in [-0.1, -0.05) is 0 Å². The number of nitrogens with zero attached hydrogens (tertiary/aromatic N) is 1. The Morgan fingerprint density at radius 2 is 1.94 bits per heavy atom. The number of hydrogen-bond acceptors (Lipinski definition) is 5. The molecule has 0 N–H and O–H groups in total. The summed E-state index contributed by atoms with van der Waals surface area (Å²) in [6, 6.07) is 1.00. The van der Waals surface area contributed by atoms with Gasteiger partial charge in [-0.05, 0) is 6.07 Å². The third-order valence-electron chi connectivity index (χ3n) is 2.01. The molecule has 5 nitrogen and oxygen atoms in total. The smallest absolute Gasteiger partial charge is 0.360 e. The third kappa shape index (κ3) is 2.61. The normalized spacial score (nSPS) is 10.2. The van der Waals surface area contributed by atoms with E-state index in [2.05, 4.69) is 14.5 Å². The molecule has 0 aliphatic heterocycles. The monoisotopic (exact) mass is 247 g/mol. The number of aromatic nitrogens is 1. The van der Waals surface area contributed by atoms with E-state index in [4.69, 9.17) is 4.74 Å². The van der Waals surface area contributed by atoms with Crippen LogP contribution in [0.1, 0.15) is 22.5 Å². The predicted octanol–water partition coefficient (Wildman–Crippen LogP) is 1.82. The zero-order valence-electron chi connectivity index (χ0n) is 9.49. The maximum atomic E-state index is 12.7. The number of carbonyl (C=O) groups excluding carboxylic acids is 1. The quantitative estimate of drug-likeness (QED) is 0.759.